The van der Waals surface area contributed by atoms with Gasteiger partial charge in [0.15, 0.2) is 0 Å². The van der Waals surface area contributed by atoms with E-state index in [1.54, 1.807) is 0 Å². The average Bonchev–Trinajstić information content (AvgIpc) is 2.64. The standard InChI is InChI=1S/C18H26ClFN4O2/c19-16-2-1-15(14-22-7-11-24(12-8-22)18(25)26)17(13-16)23-9-5-21(4-3-20)6-10-23/h1-2,13H,3-12,14H2,(H,25,26). The van der Waals surface area contributed by atoms with E-state index in [1.807, 2.05) is 12.1 Å². The van der Waals surface area contributed by atoms with Crippen LogP contribution in [0.15, 0.2) is 18.2 Å². The van der Waals surface area contributed by atoms with Gasteiger partial charge in [0.25, 0.3) is 0 Å². The van der Waals surface area contributed by atoms with E-state index in [4.69, 9.17) is 16.7 Å². The summed E-state index contributed by atoms with van der Waals surface area (Å²) in [4.78, 5) is 19.3. The molecule has 0 atom stereocenters. The van der Waals surface area contributed by atoms with E-state index in [-0.39, 0.29) is 6.67 Å². The van der Waals surface area contributed by atoms with Crippen LogP contribution < -0.4 is 4.90 Å². The maximum Gasteiger partial charge on any atom is 0.407 e. The van der Waals surface area contributed by atoms with Gasteiger partial charge in [0, 0.05) is 76.2 Å². The summed E-state index contributed by atoms with van der Waals surface area (Å²) in [5.41, 5.74) is 2.34. The van der Waals surface area contributed by atoms with Crippen LogP contribution in [0.1, 0.15) is 5.56 Å². The second-order valence-corrected chi connectivity index (χ2v) is 7.27. The summed E-state index contributed by atoms with van der Waals surface area (Å²) in [6, 6.07) is 5.98. The number of amides is 1. The topological polar surface area (TPSA) is 50.3 Å². The lowest BCUT2D eigenvalue weighted by atomic mass is 10.1. The molecule has 2 heterocycles. The minimum absolute atomic E-state index is 0.301. The summed E-state index contributed by atoms with van der Waals surface area (Å²) in [5, 5.41) is 9.79. The van der Waals surface area contributed by atoms with Crippen LogP contribution in [-0.4, -0.2) is 91.5 Å². The molecule has 6 nitrogen and oxygen atoms in total. The summed E-state index contributed by atoms with van der Waals surface area (Å²) in [6.45, 7) is 6.97. The van der Waals surface area contributed by atoms with Crippen LogP contribution in [0.25, 0.3) is 0 Å². The molecular weight excluding hydrogens is 359 g/mol. The molecule has 0 saturated carbocycles. The summed E-state index contributed by atoms with van der Waals surface area (Å²) in [6.07, 6.45) is -0.844. The Hall–Kier alpha value is -1.57. The lowest BCUT2D eigenvalue weighted by Crippen LogP contribution is -2.48. The van der Waals surface area contributed by atoms with Crippen LogP contribution >= 0.6 is 11.6 Å². The Morgan fingerprint density at radius 1 is 1.04 bits per heavy atom. The van der Waals surface area contributed by atoms with E-state index in [0.29, 0.717) is 24.7 Å². The molecule has 2 saturated heterocycles. The predicted molar refractivity (Wildman–Crippen MR) is 101 cm³/mol. The maximum absolute atomic E-state index is 12.5. The molecule has 26 heavy (non-hydrogen) atoms. The third-order valence-corrected chi connectivity index (χ3v) is 5.43. The van der Waals surface area contributed by atoms with Crippen LogP contribution in [-0.2, 0) is 6.54 Å². The number of piperazine rings is 2. The molecule has 0 radical (unpaired) electrons. The zero-order valence-corrected chi connectivity index (χ0v) is 15.7. The number of hydrogen-bond donors (Lipinski definition) is 1. The van der Waals surface area contributed by atoms with Gasteiger partial charge >= 0.3 is 6.09 Å². The molecule has 0 aliphatic carbocycles. The van der Waals surface area contributed by atoms with Crippen molar-refractivity contribution in [3.63, 3.8) is 0 Å². The van der Waals surface area contributed by atoms with Gasteiger partial charge in [-0.05, 0) is 17.7 Å². The molecule has 3 rings (SSSR count). The first-order chi connectivity index (χ1) is 12.6. The van der Waals surface area contributed by atoms with Crippen LogP contribution in [0.3, 0.4) is 0 Å². The van der Waals surface area contributed by atoms with E-state index < -0.39 is 6.09 Å². The number of rotatable bonds is 5. The SMILES string of the molecule is O=C(O)N1CCN(Cc2ccc(Cl)cc2N2CCN(CCF)CC2)CC1. The van der Waals surface area contributed by atoms with Gasteiger partial charge in [-0.1, -0.05) is 17.7 Å². The number of carbonyl (C=O) groups is 1. The Morgan fingerprint density at radius 2 is 1.69 bits per heavy atom. The first kappa shape index (κ1) is 19.2. The molecule has 8 heteroatoms. The smallest absolute Gasteiger partial charge is 0.407 e. The molecule has 0 spiro atoms. The number of halogens is 2. The molecule has 0 bridgehead atoms. The second kappa shape index (κ2) is 8.88. The highest BCUT2D eigenvalue weighted by atomic mass is 35.5. The van der Waals surface area contributed by atoms with Crippen molar-refractivity contribution in [1.29, 1.82) is 0 Å². The fourth-order valence-electron chi connectivity index (χ4n) is 3.64. The van der Waals surface area contributed by atoms with Crippen molar-refractivity contribution >= 4 is 23.4 Å². The van der Waals surface area contributed by atoms with E-state index in [1.165, 1.54) is 10.5 Å². The molecule has 2 aliphatic rings. The number of alkyl halides is 1. The molecule has 2 fully saturated rings. The van der Waals surface area contributed by atoms with Gasteiger partial charge in [-0.25, -0.2) is 9.18 Å². The molecule has 1 N–H and O–H groups in total. The first-order valence-electron chi connectivity index (χ1n) is 9.09. The van der Waals surface area contributed by atoms with Crippen molar-refractivity contribution in [2.75, 3.05) is 70.5 Å². The van der Waals surface area contributed by atoms with Crippen LogP contribution in [0.4, 0.5) is 14.9 Å². The molecule has 1 amide bonds. The molecule has 2 aliphatic heterocycles. The van der Waals surface area contributed by atoms with Crippen molar-refractivity contribution in [2.24, 2.45) is 0 Å². The van der Waals surface area contributed by atoms with Gasteiger partial charge in [-0.15, -0.1) is 0 Å². The lowest BCUT2D eigenvalue weighted by Gasteiger charge is -2.38. The van der Waals surface area contributed by atoms with E-state index >= 15 is 0 Å². The Bertz CT molecular complexity index is 617. The third-order valence-electron chi connectivity index (χ3n) is 5.20. The Balaban J connectivity index is 1.64. The van der Waals surface area contributed by atoms with Gasteiger partial charge in [0.05, 0.1) is 0 Å². The first-order valence-corrected chi connectivity index (χ1v) is 9.46. The maximum atomic E-state index is 12.5. The van der Waals surface area contributed by atoms with Gasteiger partial charge in [-0.2, -0.15) is 0 Å². The number of carboxylic acid groups (broad SMARTS) is 1. The highest BCUT2D eigenvalue weighted by molar-refractivity contribution is 6.30. The highest BCUT2D eigenvalue weighted by Crippen LogP contribution is 2.27. The number of anilines is 1. The molecule has 1 aromatic rings. The fourth-order valence-corrected chi connectivity index (χ4v) is 3.80. The van der Waals surface area contributed by atoms with Crippen molar-refractivity contribution in [3.8, 4) is 0 Å². The molecule has 0 aromatic heterocycles. The normalized spacial score (nSPS) is 19.8. The monoisotopic (exact) mass is 384 g/mol. The van der Waals surface area contributed by atoms with Crippen LogP contribution in [0, 0.1) is 0 Å². The minimum Gasteiger partial charge on any atom is -0.465 e. The summed E-state index contributed by atoms with van der Waals surface area (Å²) in [7, 11) is 0. The minimum atomic E-state index is -0.844. The Kier molecular flexibility index (Phi) is 6.56. The van der Waals surface area contributed by atoms with Crippen molar-refractivity contribution in [3.05, 3.63) is 28.8 Å². The van der Waals surface area contributed by atoms with Crippen molar-refractivity contribution in [2.45, 2.75) is 6.54 Å². The van der Waals surface area contributed by atoms with E-state index in [9.17, 15) is 9.18 Å². The highest BCUT2D eigenvalue weighted by Gasteiger charge is 2.23. The number of hydrogen-bond acceptors (Lipinski definition) is 4. The van der Waals surface area contributed by atoms with E-state index in [0.717, 1.165) is 51.5 Å². The van der Waals surface area contributed by atoms with Crippen molar-refractivity contribution < 1.29 is 14.3 Å². The fraction of sp³-hybridized carbons (Fsp3) is 0.611. The summed E-state index contributed by atoms with van der Waals surface area (Å²) in [5.74, 6) is 0. The molecule has 144 valence electrons. The second-order valence-electron chi connectivity index (χ2n) is 6.84. The third kappa shape index (κ3) is 4.78. The summed E-state index contributed by atoms with van der Waals surface area (Å²) >= 11 is 6.24. The van der Waals surface area contributed by atoms with Gasteiger partial charge in [-0.3, -0.25) is 9.80 Å². The molecule has 1 aromatic carbocycles. The van der Waals surface area contributed by atoms with Gasteiger partial charge < -0.3 is 14.9 Å². The predicted octanol–water partition coefficient (Wildman–Crippen LogP) is 2.23. The van der Waals surface area contributed by atoms with Gasteiger partial charge in [0.1, 0.15) is 6.67 Å². The zero-order chi connectivity index (χ0) is 18.5. The average molecular weight is 385 g/mol. The Labute approximate surface area is 158 Å². The lowest BCUT2D eigenvalue weighted by molar-refractivity contribution is 0.103. The van der Waals surface area contributed by atoms with E-state index in [2.05, 4.69) is 20.8 Å². The molecule has 0 unspecified atom stereocenters. The number of benzene rings is 1. The number of nitrogens with zero attached hydrogens (tertiary/aromatic N) is 4. The van der Waals surface area contributed by atoms with Gasteiger partial charge in [0.2, 0.25) is 0 Å². The van der Waals surface area contributed by atoms with Crippen LogP contribution in [0.5, 0.6) is 0 Å². The quantitative estimate of drug-likeness (QED) is 0.843. The zero-order valence-electron chi connectivity index (χ0n) is 14.9. The van der Waals surface area contributed by atoms with Crippen LogP contribution in [0.2, 0.25) is 5.02 Å². The summed E-state index contributed by atoms with van der Waals surface area (Å²) < 4.78 is 12.5. The Morgan fingerprint density at radius 3 is 2.31 bits per heavy atom. The largest absolute Gasteiger partial charge is 0.465 e. The molecular formula is C18H26ClFN4O2. The van der Waals surface area contributed by atoms with Crippen molar-refractivity contribution in [1.82, 2.24) is 14.7 Å².